The first-order chi connectivity index (χ1) is 9.84. The van der Waals surface area contributed by atoms with Gasteiger partial charge in [0, 0.05) is 36.1 Å². The summed E-state index contributed by atoms with van der Waals surface area (Å²) in [5, 5.41) is 10.1. The fourth-order valence-corrected chi connectivity index (χ4v) is 5.05. The first-order valence-corrected chi connectivity index (χ1v) is 9.22. The molecule has 1 unspecified atom stereocenters. The van der Waals surface area contributed by atoms with Crippen molar-refractivity contribution in [3.05, 3.63) is 33.9 Å². The molecule has 1 aromatic rings. The van der Waals surface area contributed by atoms with Gasteiger partial charge in [-0.3, -0.25) is 14.9 Å². The summed E-state index contributed by atoms with van der Waals surface area (Å²) in [6.07, 6.45) is 1.58. The minimum absolute atomic E-state index is 0.0528. The Morgan fingerprint density at radius 3 is 2.76 bits per heavy atom. The van der Waals surface area contributed by atoms with Gasteiger partial charge in [-0.05, 0) is 12.1 Å². The quantitative estimate of drug-likeness (QED) is 0.466. The van der Waals surface area contributed by atoms with Crippen LogP contribution in [0.25, 0.3) is 0 Å². The molecule has 9 heteroatoms. The van der Waals surface area contributed by atoms with E-state index in [9.17, 15) is 23.3 Å². The molecule has 2 rings (SSSR count). The molecule has 0 amide bonds. The normalized spacial score (nSPS) is 19.3. The zero-order valence-electron chi connectivity index (χ0n) is 11.3. The van der Waals surface area contributed by atoms with Gasteiger partial charge >= 0.3 is 0 Å². The van der Waals surface area contributed by atoms with E-state index in [1.54, 1.807) is 16.7 Å². The van der Waals surface area contributed by atoms with Crippen molar-refractivity contribution in [1.82, 2.24) is 0 Å². The van der Waals surface area contributed by atoms with Crippen LogP contribution in [0.2, 0.25) is 0 Å². The lowest BCUT2D eigenvalue weighted by Gasteiger charge is -2.35. The van der Waals surface area contributed by atoms with Gasteiger partial charge in [0.2, 0.25) is 0 Å². The van der Waals surface area contributed by atoms with Crippen molar-refractivity contribution < 1.29 is 18.1 Å². The van der Waals surface area contributed by atoms with E-state index in [0.717, 1.165) is 5.75 Å². The lowest BCUT2D eigenvalue weighted by molar-refractivity contribution is -0.385. The van der Waals surface area contributed by atoms with E-state index in [1.807, 2.05) is 0 Å². The Hall–Kier alpha value is -1.61. The van der Waals surface area contributed by atoms with Crippen molar-refractivity contribution in [1.29, 1.82) is 0 Å². The molecule has 0 N–H and O–H groups in total. The van der Waals surface area contributed by atoms with Crippen LogP contribution < -0.4 is 4.90 Å². The average molecular weight is 330 g/mol. The van der Waals surface area contributed by atoms with Crippen molar-refractivity contribution in [3.63, 3.8) is 0 Å². The maximum absolute atomic E-state index is 11.9. The Kier molecular flexibility index (Phi) is 4.52. The van der Waals surface area contributed by atoms with Crippen molar-refractivity contribution >= 4 is 39.3 Å². The fourth-order valence-electron chi connectivity index (χ4n) is 2.21. The number of hydrogen-bond donors (Lipinski definition) is 0. The fraction of sp³-hybridized carbons (Fsp3) is 0.417. The molecule has 1 fully saturated rings. The van der Waals surface area contributed by atoms with Gasteiger partial charge in [0.25, 0.3) is 5.69 Å². The van der Waals surface area contributed by atoms with Crippen LogP contribution in [0.5, 0.6) is 0 Å². The van der Waals surface area contributed by atoms with Crippen molar-refractivity contribution in [2.75, 3.05) is 29.2 Å². The maximum atomic E-state index is 11.9. The first kappa shape index (κ1) is 15.8. The third-order valence-electron chi connectivity index (χ3n) is 3.25. The van der Waals surface area contributed by atoms with E-state index >= 15 is 0 Å². The molecule has 0 aromatic heterocycles. The molecule has 0 saturated carbocycles. The lowest BCUT2D eigenvalue weighted by atomic mass is 10.1. The second-order valence-electron chi connectivity index (χ2n) is 4.67. The zero-order valence-corrected chi connectivity index (χ0v) is 12.9. The topological polar surface area (TPSA) is 97.6 Å². The molecule has 1 aromatic carbocycles. The molecule has 0 radical (unpaired) electrons. The molecule has 1 saturated heterocycles. The third-order valence-corrected chi connectivity index (χ3v) is 5.89. The van der Waals surface area contributed by atoms with Gasteiger partial charge in [-0.1, -0.05) is 0 Å². The number of nitro benzene ring substituents is 1. The summed E-state index contributed by atoms with van der Waals surface area (Å²) in [6.45, 7) is 0.512. The van der Waals surface area contributed by atoms with E-state index in [1.165, 1.54) is 24.5 Å². The molecule has 114 valence electrons. The van der Waals surface area contributed by atoms with Gasteiger partial charge in [0.1, 0.15) is 5.37 Å². The zero-order chi connectivity index (χ0) is 15.6. The number of thioether (sulfide) groups is 1. The van der Waals surface area contributed by atoms with Crippen LogP contribution in [-0.2, 0) is 9.84 Å². The maximum Gasteiger partial charge on any atom is 0.280 e. The highest BCUT2D eigenvalue weighted by Gasteiger charge is 2.31. The smallest absolute Gasteiger partial charge is 0.280 e. The molecule has 1 aliphatic heterocycles. The number of benzene rings is 1. The largest absolute Gasteiger partial charge is 0.353 e. The highest BCUT2D eigenvalue weighted by atomic mass is 32.2. The summed E-state index contributed by atoms with van der Waals surface area (Å²) in [4.78, 5) is 22.9. The lowest BCUT2D eigenvalue weighted by Crippen LogP contribution is -2.47. The molecule has 21 heavy (non-hydrogen) atoms. The third kappa shape index (κ3) is 3.35. The van der Waals surface area contributed by atoms with E-state index in [0.29, 0.717) is 24.3 Å². The Bertz CT molecular complexity index is 674. The first-order valence-electron chi connectivity index (χ1n) is 6.11. The van der Waals surface area contributed by atoms with Gasteiger partial charge < -0.3 is 4.90 Å². The number of anilines is 1. The second kappa shape index (κ2) is 6.02. The number of carbonyl (C=O) groups excluding carboxylic acids is 1. The van der Waals surface area contributed by atoms with Crippen LogP contribution in [-0.4, -0.2) is 49.3 Å². The van der Waals surface area contributed by atoms with Crippen LogP contribution >= 0.6 is 11.8 Å². The standard InChI is InChI=1S/C12H14N2O5S2/c1-21(18,19)12-8-20-5-4-13(12)10-2-3-11(14(16)17)9(6-10)7-15/h2-3,6-7,12H,4-5,8H2,1H3. The van der Waals surface area contributed by atoms with E-state index < -0.39 is 20.1 Å². The summed E-state index contributed by atoms with van der Waals surface area (Å²) in [5.74, 6) is 1.20. The molecule has 0 aliphatic carbocycles. The SMILES string of the molecule is CS(=O)(=O)C1CSCCN1c1ccc([N+](=O)[O-])c(C=O)c1. The summed E-state index contributed by atoms with van der Waals surface area (Å²) in [5.41, 5.74) is 0.178. The van der Waals surface area contributed by atoms with Gasteiger partial charge in [0.05, 0.1) is 10.5 Å². The van der Waals surface area contributed by atoms with Crippen molar-refractivity contribution in [2.45, 2.75) is 5.37 Å². The Labute approximate surface area is 126 Å². The molecule has 0 bridgehead atoms. The summed E-state index contributed by atoms with van der Waals surface area (Å²) in [6, 6.07) is 4.10. The Morgan fingerprint density at radius 1 is 1.48 bits per heavy atom. The number of rotatable bonds is 4. The van der Waals surface area contributed by atoms with Crippen LogP contribution in [0.4, 0.5) is 11.4 Å². The van der Waals surface area contributed by atoms with Crippen LogP contribution in [0.3, 0.4) is 0 Å². The summed E-state index contributed by atoms with van der Waals surface area (Å²) < 4.78 is 23.7. The molecule has 1 heterocycles. The van der Waals surface area contributed by atoms with Crippen molar-refractivity contribution in [2.24, 2.45) is 0 Å². The molecular weight excluding hydrogens is 316 g/mol. The number of sulfone groups is 1. The van der Waals surface area contributed by atoms with Crippen LogP contribution in [0, 0.1) is 10.1 Å². The van der Waals surface area contributed by atoms with Crippen molar-refractivity contribution in [3.8, 4) is 0 Å². The molecule has 1 atom stereocenters. The van der Waals surface area contributed by atoms with E-state index in [2.05, 4.69) is 0 Å². The monoisotopic (exact) mass is 330 g/mol. The highest BCUT2D eigenvalue weighted by molar-refractivity contribution is 8.01. The van der Waals surface area contributed by atoms with Gasteiger partial charge in [-0.25, -0.2) is 8.42 Å². The number of hydrogen-bond acceptors (Lipinski definition) is 7. The van der Waals surface area contributed by atoms with E-state index in [4.69, 9.17) is 0 Å². The van der Waals surface area contributed by atoms with Crippen LogP contribution in [0.15, 0.2) is 18.2 Å². The van der Waals surface area contributed by atoms with Gasteiger partial charge in [-0.15, -0.1) is 0 Å². The Balaban J connectivity index is 2.44. The van der Waals surface area contributed by atoms with E-state index in [-0.39, 0.29) is 11.3 Å². The van der Waals surface area contributed by atoms with Crippen LogP contribution in [0.1, 0.15) is 10.4 Å². The molecule has 0 spiro atoms. The minimum atomic E-state index is -3.29. The molecule has 1 aliphatic rings. The Morgan fingerprint density at radius 2 is 2.19 bits per heavy atom. The molecule has 7 nitrogen and oxygen atoms in total. The second-order valence-corrected chi connectivity index (χ2v) is 8.02. The number of carbonyl (C=O) groups is 1. The highest BCUT2D eigenvalue weighted by Crippen LogP contribution is 2.30. The number of nitro groups is 1. The molecular formula is C12H14N2O5S2. The van der Waals surface area contributed by atoms with Gasteiger partial charge in [-0.2, -0.15) is 11.8 Å². The predicted molar refractivity (Wildman–Crippen MR) is 81.8 cm³/mol. The summed E-state index contributed by atoms with van der Waals surface area (Å²) in [7, 11) is -3.29. The summed E-state index contributed by atoms with van der Waals surface area (Å²) >= 11 is 1.55. The van der Waals surface area contributed by atoms with Gasteiger partial charge in [0.15, 0.2) is 16.1 Å². The minimum Gasteiger partial charge on any atom is -0.353 e. The number of aldehydes is 1. The average Bonchev–Trinajstić information content (AvgIpc) is 2.45. The predicted octanol–water partition coefficient (Wildman–Crippen LogP) is 1.33. The number of nitrogens with zero attached hydrogens (tertiary/aromatic N) is 2.